The summed E-state index contributed by atoms with van der Waals surface area (Å²) in [7, 11) is 2.05. The third-order valence-corrected chi connectivity index (χ3v) is 2.94. The summed E-state index contributed by atoms with van der Waals surface area (Å²) in [6, 6.07) is 0. The van der Waals surface area contributed by atoms with E-state index in [9.17, 15) is 0 Å². The molecule has 0 aromatic carbocycles. The number of aromatic nitrogens is 2. The van der Waals surface area contributed by atoms with Crippen molar-refractivity contribution in [1.82, 2.24) is 14.7 Å². The standard InChI is InChI=1S/C10H20N4S/c1-8(2)7-11-5-6-14(4)10-12-9(3)13-15-10/h8,11H,5-7H2,1-4H3. The van der Waals surface area contributed by atoms with Crippen LogP contribution in [0.5, 0.6) is 0 Å². The minimum Gasteiger partial charge on any atom is -0.349 e. The molecule has 1 aromatic rings. The lowest BCUT2D eigenvalue weighted by molar-refractivity contribution is 0.554. The van der Waals surface area contributed by atoms with E-state index in [-0.39, 0.29) is 0 Å². The second kappa shape index (κ2) is 6.02. The molecule has 0 aliphatic heterocycles. The van der Waals surface area contributed by atoms with E-state index < -0.39 is 0 Å². The Morgan fingerprint density at radius 3 is 2.73 bits per heavy atom. The van der Waals surface area contributed by atoms with Crippen molar-refractivity contribution in [2.75, 3.05) is 31.6 Å². The van der Waals surface area contributed by atoms with Gasteiger partial charge < -0.3 is 10.2 Å². The Hall–Kier alpha value is -0.680. The predicted molar refractivity (Wildman–Crippen MR) is 65.6 cm³/mol. The van der Waals surface area contributed by atoms with E-state index in [2.05, 4.69) is 40.5 Å². The van der Waals surface area contributed by atoms with E-state index in [1.54, 1.807) is 0 Å². The van der Waals surface area contributed by atoms with Crippen LogP contribution in [-0.4, -0.2) is 36.0 Å². The Morgan fingerprint density at radius 1 is 1.47 bits per heavy atom. The second-order valence-corrected chi connectivity index (χ2v) is 4.87. The summed E-state index contributed by atoms with van der Waals surface area (Å²) in [5, 5.41) is 4.41. The van der Waals surface area contributed by atoms with Crippen LogP contribution in [0.4, 0.5) is 5.13 Å². The van der Waals surface area contributed by atoms with Crippen molar-refractivity contribution in [3.05, 3.63) is 5.82 Å². The molecule has 0 saturated heterocycles. The zero-order chi connectivity index (χ0) is 11.3. The number of hydrogen-bond donors (Lipinski definition) is 1. The second-order valence-electron chi connectivity index (χ2n) is 4.14. The van der Waals surface area contributed by atoms with E-state index in [4.69, 9.17) is 0 Å². The van der Waals surface area contributed by atoms with Crippen molar-refractivity contribution in [2.45, 2.75) is 20.8 Å². The summed E-state index contributed by atoms with van der Waals surface area (Å²) < 4.78 is 4.16. The summed E-state index contributed by atoms with van der Waals surface area (Å²) in [4.78, 5) is 6.47. The van der Waals surface area contributed by atoms with E-state index in [1.165, 1.54) is 11.5 Å². The van der Waals surface area contributed by atoms with Crippen LogP contribution < -0.4 is 10.2 Å². The summed E-state index contributed by atoms with van der Waals surface area (Å²) in [5.74, 6) is 1.57. The van der Waals surface area contributed by atoms with Gasteiger partial charge in [-0.1, -0.05) is 13.8 Å². The fourth-order valence-electron chi connectivity index (χ4n) is 1.17. The van der Waals surface area contributed by atoms with E-state index in [0.717, 1.165) is 30.6 Å². The predicted octanol–water partition coefficient (Wildman–Crippen LogP) is 1.53. The van der Waals surface area contributed by atoms with Gasteiger partial charge in [0.15, 0.2) is 0 Å². The molecule has 0 aliphatic rings. The first-order valence-corrected chi connectivity index (χ1v) is 6.09. The molecule has 0 amide bonds. The zero-order valence-electron chi connectivity index (χ0n) is 9.95. The van der Waals surface area contributed by atoms with Crippen molar-refractivity contribution in [1.29, 1.82) is 0 Å². The number of nitrogens with one attached hydrogen (secondary N) is 1. The van der Waals surface area contributed by atoms with Crippen molar-refractivity contribution in [2.24, 2.45) is 5.92 Å². The third-order valence-electron chi connectivity index (χ3n) is 2.02. The highest BCUT2D eigenvalue weighted by Gasteiger charge is 2.05. The molecule has 0 bridgehead atoms. The minimum absolute atomic E-state index is 0.707. The third kappa shape index (κ3) is 4.57. The highest BCUT2D eigenvalue weighted by Crippen LogP contribution is 2.14. The lowest BCUT2D eigenvalue weighted by Crippen LogP contribution is -2.31. The van der Waals surface area contributed by atoms with Crippen LogP contribution in [0.25, 0.3) is 0 Å². The summed E-state index contributed by atoms with van der Waals surface area (Å²) in [6.45, 7) is 9.39. The van der Waals surface area contributed by atoms with Crippen LogP contribution in [0.3, 0.4) is 0 Å². The normalized spacial score (nSPS) is 11.0. The highest BCUT2D eigenvalue weighted by atomic mass is 32.1. The van der Waals surface area contributed by atoms with Gasteiger partial charge in [-0.05, 0) is 19.4 Å². The van der Waals surface area contributed by atoms with Gasteiger partial charge in [-0.15, -0.1) is 0 Å². The van der Waals surface area contributed by atoms with Gasteiger partial charge >= 0.3 is 0 Å². The van der Waals surface area contributed by atoms with Gasteiger partial charge in [0, 0.05) is 31.7 Å². The van der Waals surface area contributed by atoms with E-state index in [1.807, 2.05) is 6.92 Å². The molecule has 0 atom stereocenters. The molecule has 1 heterocycles. The number of nitrogens with zero attached hydrogens (tertiary/aromatic N) is 3. The average molecular weight is 228 g/mol. The Labute approximate surface area is 95.9 Å². The molecule has 5 heteroatoms. The summed E-state index contributed by atoms with van der Waals surface area (Å²) in [5.41, 5.74) is 0. The van der Waals surface area contributed by atoms with Gasteiger partial charge in [0.05, 0.1) is 0 Å². The molecule has 0 unspecified atom stereocenters. The number of hydrogen-bond acceptors (Lipinski definition) is 5. The molecule has 0 radical (unpaired) electrons. The SMILES string of the molecule is Cc1nsc(N(C)CCNCC(C)C)n1. The number of anilines is 1. The number of likely N-dealkylation sites (N-methyl/N-ethyl adjacent to an activating group) is 1. The largest absolute Gasteiger partial charge is 0.349 e. The van der Waals surface area contributed by atoms with Gasteiger partial charge in [0.1, 0.15) is 5.82 Å². The molecule has 0 fully saturated rings. The summed E-state index contributed by atoms with van der Waals surface area (Å²) in [6.07, 6.45) is 0. The highest BCUT2D eigenvalue weighted by molar-refractivity contribution is 7.09. The molecule has 1 aromatic heterocycles. The summed E-state index contributed by atoms with van der Waals surface area (Å²) >= 11 is 1.46. The molecule has 1 N–H and O–H groups in total. The van der Waals surface area contributed by atoms with Crippen molar-refractivity contribution < 1.29 is 0 Å². The average Bonchev–Trinajstić information content (AvgIpc) is 2.59. The first-order valence-electron chi connectivity index (χ1n) is 5.31. The lowest BCUT2D eigenvalue weighted by Gasteiger charge is -2.15. The van der Waals surface area contributed by atoms with Gasteiger partial charge in [-0.3, -0.25) is 0 Å². The lowest BCUT2D eigenvalue weighted by atomic mass is 10.2. The molecular weight excluding hydrogens is 208 g/mol. The number of aryl methyl sites for hydroxylation is 1. The van der Waals surface area contributed by atoms with Gasteiger partial charge in [0.25, 0.3) is 0 Å². The first-order chi connectivity index (χ1) is 7.09. The van der Waals surface area contributed by atoms with Crippen LogP contribution >= 0.6 is 11.5 Å². The first kappa shape index (κ1) is 12.4. The fraction of sp³-hybridized carbons (Fsp3) is 0.800. The molecule has 15 heavy (non-hydrogen) atoms. The topological polar surface area (TPSA) is 41.1 Å². The zero-order valence-corrected chi connectivity index (χ0v) is 10.8. The maximum absolute atomic E-state index is 4.33. The van der Waals surface area contributed by atoms with E-state index >= 15 is 0 Å². The minimum atomic E-state index is 0.707. The van der Waals surface area contributed by atoms with Crippen molar-refractivity contribution >= 4 is 16.7 Å². The van der Waals surface area contributed by atoms with Gasteiger partial charge in [-0.25, -0.2) is 4.98 Å². The molecule has 86 valence electrons. The monoisotopic (exact) mass is 228 g/mol. The van der Waals surface area contributed by atoms with Crippen LogP contribution in [0, 0.1) is 12.8 Å². The quantitative estimate of drug-likeness (QED) is 0.750. The molecule has 4 nitrogen and oxygen atoms in total. The van der Waals surface area contributed by atoms with Gasteiger partial charge in [0.2, 0.25) is 5.13 Å². The van der Waals surface area contributed by atoms with Crippen LogP contribution in [0.1, 0.15) is 19.7 Å². The maximum atomic E-state index is 4.33. The fourth-order valence-corrected chi connectivity index (χ4v) is 1.83. The molecule has 0 spiro atoms. The number of rotatable bonds is 6. The molecule has 0 aliphatic carbocycles. The van der Waals surface area contributed by atoms with Crippen LogP contribution in [0.15, 0.2) is 0 Å². The van der Waals surface area contributed by atoms with E-state index in [0.29, 0.717) is 5.92 Å². The van der Waals surface area contributed by atoms with Crippen molar-refractivity contribution in [3.63, 3.8) is 0 Å². The van der Waals surface area contributed by atoms with Crippen LogP contribution in [0.2, 0.25) is 0 Å². The Bertz CT molecular complexity index is 285. The Balaban J connectivity index is 2.21. The maximum Gasteiger partial charge on any atom is 0.204 e. The van der Waals surface area contributed by atoms with Crippen molar-refractivity contribution in [3.8, 4) is 0 Å². The smallest absolute Gasteiger partial charge is 0.204 e. The molecule has 0 saturated carbocycles. The molecular formula is C10H20N4S. The van der Waals surface area contributed by atoms with Crippen LogP contribution in [-0.2, 0) is 0 Å². The molecule has 1 rings (SSSR count). The van der Waals surface area contributed by atoms with Gasteiger partial charge in [-0.2, -0.15) is 4.37 Å². The Kier molecular flexibility index (Phi) is 4.98. The Morgan fingerprint density at radius 2 is 2.20 bits per heavy atom.